The van der Waals surface area contributed by atoms with E-state index >= 15 is 0 Å². The standard InChI is InChI=1S/C17H16N2OS/c1-11-4-5-13(8-12(11)2)15-10-21-17(19-15)14-6-7-18-16(9-14)20-3/h4-10H,1-3H3. The van der Waals surface area contributed by atoms with Gasteiger partial charge >= 0.3 is 0 Å². The predicted octanol–water partition coefficient (Wildman–Crippen LogP) is 4.50. The van der Waals surface area contributed by atoms with Crippen LogP contribution in [0.25, 0.3) is 21.8 Å². The number of rotatable bonds is 3. The van der Waals surface area contributed by atoms with Crippen LogP contribution in [0.3, 0.4) is 0 Å². The van der Waals surface area contributed by atoms with Gasteiger partial charge in [-0.1, -0.05) is 12.1 Å². The van der Waals surface area contributed by atoms with Gasteiger partial charge in [0.1, 0.15) is 5.01 Å². The van der Waals surface area contributed by atoms with E-state index in [2.05, 4.69) is 42.4 Å². The Morgan fingerprint density at radius 2 is 1.86 bits per heavy atom. The molecule has 0 atom stereocenters. The van der Waals surface area contributed by atoms with Gasteiger partial charge in [0.25, 0.3) is 0 Å². The molecule has 0 aliphatic carbocycles. The summed E-state index contributed by atoms with van der Waals surface area (Å²) >= 11 is 1.63. The lowest BCUT2D eigenvalue weighted by molar-refractivity contribution is 0.398. The summed E-state index contributed by atoms with van der Waals surface area (Å²) < 4.78 is 5.16. The van der Waals surface area contributed by atoms with E-state index in [1.807, 2.05) is 12.1 Å². The van der Waals surface area contributed by atoms with Crippen LogP contribution < -0.4 is 4.74 Å². The Bertz CT molecular complexity index is 780. The summed E-state index contributed by atoms with van der Waals surface area (Å²) in [5.74, 6) is 0.607. The lowest BCUT2D eigenvalue weighted by Gasteiger charge is -2.02. The Morgan fingerprint density at radius 1 is 1.00 bits per heavy atom. The largest absolute Gasteiger partial charge is 0.481 e. The van der Waals surface area contributed by atoms with Crippen LogP contribution in [0.15, 0.2) is 41.9 Å². The molecule has 0 spiro atoms. The Hall–Kier alpha value is -2.20. The molecule has 0 aliphatic rings. The SMILES string of the molecule is COc1cc(-c2nc(-c3ccc(C)c(C)c3)cs2)ccn1. The Kier molecular flexibility index (Phi) is 3.71. The summed E-state index contributed by atoms with van der Waals surface area (Å²) in [6, 6.07) is 10.3. The zero-order valence-corrected chi connectivity index (χ0v) is 13.1. The molecule has 3 rings (SSSR count). The molecular weight excluding hydrogens is 280 g/mol. The van der Waals surface area contributed by atoms with Gasteiger partial charge in [-0.05, 0) is 37.1 Å². The number of benzene rings is 1. The van der Waals surface area contributed by atoms with Gasteiger partial charge < -0.3 is 4.74 Å². The van der Waals surface area contributed by atoms with Crippen LogP contribution in [0.2, 0.25) is 0 Å². The molecule has 0 fully saturated rings. The van der Waals surface area contributed by atoms with Crippen LogP contribution in [0.5, 0.6) is 5.88 Å². The molecule has 2 heterocycles. The highest BCUT2D eigenvalue weighted by Gasteiger charge is 2.08. The quantitative estimate of drug-likeness (QED) is 0.714. The summed E-state index contributed by atoms with van der Waals surface area (Å²) in [6.45, 7) is 4.24. The van der Waals surface area contributed by atoms with Crippen molar-refractivity contribution >= 4 is 11.3 Å². The van der Waals surface area contributed by atoms with E-state index in [0.717, 1.165) is 21.8 Å². The highest BCUT2D eigenvalue weighted by Crippen LogP contribution is 2.30. The Morgan fingerprint density at radius 3 is 2.62 bits per heavy atom. The molecule has 0 aliphatic heterocycles. The average molecular weight is 296 g/mol. The molecule has 4 heteroatoms. The summed E-state index contributed by atoms with van der Waals surface area (Å²) in [5, 5.41) is 3.07. The van der Waals surface area contributed by atoms with Crippen LogP contribution >= 0.6 is 11.3 Å². The van der Waals surface area contributed by atoms with Gasteiger partial charge in [0.2, 0.25) is 5.88 Å². The van der Waals surface area contributed by atoms with Crippen molar-refractivity contribution in [3.63, 3.8) is 0 Å². The van der Waals surface area contributed by atoms with Crippen molar-refractivity contribution in [2.24, 2.45) is 0 Å². The Labute approximate surface area is 128 Å². The fourth-order valence-electron chi connectivity index (χ4n) is 2.09. The van der Waals surface area contributed by atoms with Crippen molar-refractivity contribution in [2.45, 2.75) is 13.8 Å². The number of pyridine rings is 1. The maximum Gasteiger partial charge on any atom is 0.213 e. The molecule has 0 saturated carbocycles. The fraction of sp³-hybridized carbons (Fsp3) is 0.176. The van der Waals surface area contributed by atoms with Crippen LogP contribution in [0, 0.1) is 13.8 Å². The molecule has 1 aromatic carbocycles. The third kappa shape index (κ3) is 2.81. The first kappa shape index (κ1) is 13.8. The summed E-state index contributed by atoms with van der Waals surface area (Å²) in [7, 11) is 1.62. The molecule has 21 heavy (non-hydrogen) atoms. The molecule has 106 valence electrons. The number of thiazole rings is 1. The number of hydrogen-bond donors (Lipinski definition) is 0. The van der Waals surface area contributed by atoms with Gasteiger partial charge in [-0.25, -0.2) is 9.97 Å². The van der Waals surface area contributed by atoms with E-state index in [0.29, 0.717) is 5.88 Å². The average Bonchev–Trinajstić information content (AvgIpc) is 3.00. The third-order valence-corrected chi connectivity index (χ3v) is 4.39. The normalized spacial score (nSPS) is 10.6. The van der Waals surface area contributed by atoms with Crippen LogP contribution in [0.1, 0.15) is 11.1 Å². The van der Waals surface area contributed by atoms with E-state index in [1.54, 1.807) is 24.6 Å². The second kappa shape index (κ2) is 5.66. The minimum Gasteiger partial charge on any atom is -0.481 e. The molecule has 0 radical (unpaired) electrons. The molecule has 3 nitrogen and oxygen atoms in total. The summed E-state index contributed by atoms with van der Waals surface area (Å²) in [6.07, 6.45) is 1.74. The van der Waals surface area contributed by atoms with Gasteiger partial charge in [0, 0.05) is 28.8 Å². The van der Waals surface area contributed by atoms with E-state index < -0.39 is 0 Å². The number of methoxy groups -OCH3 is 1. The zero-order chi connectivity index (χ0) is 14.8. The minimum atomic E-state index is 0.607. The summed E-state index contributed by atoms with van der Waals surface area (Å²) in [4.78, 5) is 8.86. The van der Waals surface area contributed by atoms with Gasteiger partial charge in [0.15, 0.2) is 0 Å². The number of aryl methyl sites for hydroxylation is 2. The molecule has 0 amide bonds. The molecule has 3 aromatic rings. The second-order valence-corrected chi connectivity index (χ2v) is 5.78. The maximum atomic E-state index is 5.16. The van der Waals surface area contributed by atoms with Crippen molar-refractivity contribution in [3.8, 4) is 27.7 Å². The predicted molar refractivity (Wildman–Crippen MR) is 86.8 cm³/mol. The summed E-state index contributed by atoms with van der Waals surface area (Å²) in [5.41, 5.74) is 5.78. The number of hydrogen-bond acceptors (Lipinski definition) is 4. The first-order chi connectivity index (χ1) is 10.2. The first-order valence-corrected chi connectivity index (χ1v) is 7.59. The van der Waals surface area contributed by atoms with E-state index in [4.69, 9.17) is 9.72 Å². The molecule has 0 N–H and O–H groups in total. The minimum absolute atomic E-state index is 0.607. The molecule has 0 bridgehead atoms. The lowest BCUT2D eigenvalue weighted by Crippen LogP contribution is -1.87. The van der Waals surface area contributed by atoms with Crippen LogP contribution in [-0.2, 0) is 0 Å². The monoisotopic (exact) mass is 296 g/mol. The fourth-order valence-corrected chi connectivity index (χ4v) is 2.92. The van der Waals surface area contributed by atoms with Crippen molar-refractivity contribution in [1.29, 1.82) is 0 Å². The topological polar surface area (TPSA) is 35.0 Å². The van der Waals surface area contributed by atoms with Gasteiger partial charge in [-0.2, -0.15) is 0 Å². The zero-order valence-electron chi connectivity index (χ0n) is 12.3. The molecular formula is C17H16N2OS. The molecule has 0 unspecified atom stereocenters. The number of ether oxygens (including phenoxy) is 1. The molecule has 0 saturated heterocycles. The smallest absolute Gasteiger partial charge is 0.213 e. The van der Waals surface area contributed by atoms with E-state index in [9.17, 15) is 0 Å². The molecule has 2 aromatic heterocycles. The van der Waals surface area contributed by atoms with Gasteiger partial charge in [-0.15, -0.1) is 11.3 Å². The lowest BCUT2D eigenvalue weighted by atomic mass is 10.1. The van der Waals surface area contributed by atoms with Crippen molar-refractivity contribution in [3.05, 3.63) is 53.0 Å². The second-order valence-electron chi connectivity index (χ2n) is 4.92. The number of nitrogens with zero attached hydrogens (tertiary/aromatic N) is 2. The highest BCUT2D eigenvalue weighted by molar-refractivity contribution is 7.13. The van der Waals surface area contributed by atoms with E-state index in [1.165, 1.54) is 11.1 Å². The third-order valence-electron chi connectivity index (χ3n) is 3.50. The van der Waals surface area contributed by atoms with E-state index in [-0.39, 0.29) is 0 Å². The Balaban J connectivity index is 1.97. The van der Waals surface area contributed by atoms with Crippen LogP contribution in [0.4, 0.5) is 0 Å². The van der Waals surface area contributed by atoms with Crippen LogP contribution in [-0.4, -0.2) is 17.1 Å². The van der Waals surface area contributed by atoms with Crippen molar-refractivity contribution < 1.29 is 4.74 Å². The van der Waals surface area contributed by atoms with Crippen molar-refractivity contribution in [1.82, 2.24) is 9.97 Å². The highest BCUT2D eigenvalue weighted by atomic mass is 32.1. The van der Waals surface area contributed by atoms with Crippen molar-refractivity contribution in [2.75, 3.05) is 7.11 Å². The maximum absolute atomic E-state index is 5.16. The van der Waals surface area contributed by atoms with Gasteiger partial charge in [-0.3, -0.25) is 0 Å². The van der Waals surface area contributed by atoms with Gasteiger partial charge in [0.05, 0.1) is 12.8 Å². The first-order valence-electron chi connectivity index (χ1n) is 6.71. The number of aromatic nitrogens is 2.